The molecule has 3 aromatic carbocycles. The van der Waals surface area contributed by atoms with E-state index in [0.717, 1.165) is 37.7 Å². The van der Waals surface area contributed by atoms with Gasteiger partial charge in [0.2, 0.25) is 0 Å². The summed E-state index contributed by atoms with van der Waals surface area (Å²) >= 11 is 0. The fourth-order valence-electron chi connectivity index (χ4n) is 5.39. The van der Waals surface area contributed by atoms with Crippen molar-refractivity contribution in [1.82, 2.24) is 10.3 Å². The molecule has 3 aromatic rings. The molecule has 40 heavy (non-hydrogen) atoms. The van der Waals surface area contributed by atoms with Gasteiger partial charge in [0.15, 0.2) is 0 Å². The Hall–Kier alpha value is -4.08. The van der Waals surface area contributed by atoms with E-state index < -0.39 is 4.92 Å². The van der Waals surface area contributed by atoms with Gasteiger partial charge in [0, 0.05) is 48.6 Å². The molecular weight excluding hydrogens is 506 g/mol. The van der Waals surface area contributed by atoms with E-state index in [0.29, 0.717) is 37.4 Å². The average molecular weight is 542 g/mol. The molecule has 2 fully saturated rings. The summed E-state index contributed by atoms with van der Waals surface area (Å²) in [5.41, 5.74) is 7.02. The van der Waals surface area contributed by atoms with E-state index in [-0.39, 0.29) is 11.6 Å². The van der Waals surface area contributed by atoms with Crippen LogP contribution in [-0.2, 0) is 17.7 Å². The van der Waals surface area contributed by atoms with Crippen LogP contribution in [0.1, 0.15) is 39.9 Å². The average Bonchev–Trinajstić information content (AvgIpc) is 2.99. The van der Waals surface area contributed by atoms with Crippen molar-refractivity contribution in [2.24, 2.45) is 11.0 Å². The van der Waals surface area contributed by atoms with Crippen LogP contribution in [-0.4, -0.2) is 61.3 Å². The number of nitrogens with one attached hydrogen (secondary N) is 1. The molecule has 1 amide bonds. The summed E-state index contributed by atoms with van der Waals surface area (Å²) in [6.07, 6.45) is 5.01. The predicted octanol–water partition coefficient (Wildman–Crippen LogP) is 4.65. The zero-order valence-electron chi connectivity index (χ0n) is 22.6. The fourth-order valence-corrected chi connectivity index (χ4v) is 5.39. The van der Waals surface area contributed by atoms with E-state index in [1.807, 2.05) is 24.3 Å². The van der Waals surface area contributed by atoms with Crippen LogP contribution in [0.25, 0.3) is 0 Å². The number of hydrogen-bond donors (Lipinski definition) is 1. The van der Waals surface area contributed by atoms with Gasteiger partial charge in [0.1, 0.15) is 0 Å². The van der Waals surface area contributed by atoms with E-state index in [9.17, 15) is 14.9 Å². The lowest BCUT2D eigenvalue weighted by Crippen LogP contribution is -2.36. The number of ether oxygens (including phenoxy) is 1. The minimum atomic E-state index is -0.437. The molecule has 0 aliphatic carbocycles. The number of nitro groups is 1. The third-order valence-electron chi connectivity index (χ3n) is 7.64. The summed E-state index contributed by atoms with van der Waals surface area (Å²) in [6.45, 7) is 5.58. The molecular formula is C31H35N5O4. The Balaban J connectivity index is 1.14. The second-order valence-electron chi connectivity index (χ2n) is 10.4. The van der Waals surface area contributed by atoms with E-state index in [1.165, 1.54) is 42.3 Å². The molecule has 2 heterocycles. The standard InChI is InChI=1S/C31H35N5O4/c37-31(33-32-22-28-21-29(36(38)39)10-11-30(28)35-16-18-40-19-17-35)27-8-6-26(7-9-27)23-34-14-12-25(13-15-34)20-24-4-2-1-3-5-24/h1-11,21-22,25H,12-20,23H2,(H,33,37)/b32-22+. The maximum Gasteiger partial charge on any atom is 0.271 e. The maximum absolute atomic E-state index is 12.7. The number of nitro benzene ring substituents is 1. The van der Waals surface area contributed by atoms with Crippen molar-refractivity contribution >= 4 is 23.5 Å². The molecule has 0 unspecified atom stereocenters. The molecule has 0 spiro atoms. The van der Waals surface area contributed by atoms with Gasteiger partial charge in [0.25, 0.3) is 11.6 Å². The van der Waals surface area contributed by atoms with E-state index >= 15 is 0 Å². The number of carbonyl (C=O) groups is 1. The zero-order chi connectivity index (χ0) is 27.7. The Morgan fingerprint density at radius 2 is 1.70 bits per heavy atom. The number of piperidine rings is 1. The molecule has 2 aliphatic rings. The zero-order valence-corrected chi connectivity index (χ0v) is 22.6. The molecule has 2 saturated heterocycles. The number of hydrogen-bond acceptors (Lipinski definition) is 7. The van der Waals surface area contributed by atoms with Crippen molar-refractivity contribution < 1.29 is 14.5 Å². The van der Waals surface area contributed by atoms with Gasteiger partial charge in [-0.3, -0.25) is 19.8 Å². The third kappa shape index (κ3) is 7.31. The van der Waals surface area contributed by atoms with Crippen LogP contribution in [0, 0.1) is 16.0 Å². The number of morpholine rings is 1. The molecule has 208 valence electrons. The van der Waals surface area contributed by atoms with Gasteiger partial charge in [-0.25, -0.2) is 5.43 Å². The van der Waals surface area contributed by atoms with Crippen LogP contribution in [0.15, 0.2) is 77.9 Å². The minimum Gasteiger partial charge on any atom is -0.378 e. The molecule has 0 atom stereocenters. The number of amides is 1. The molecule has 0 saturated carbocycles. The lowest BCUT2D eigenvalue weighted by molar-refractivity contribution is -0.384. The van der Waals surface area contributed by atoms with Crippen molar-refractivity contribution in [3.63, 3.8) is 0 Å². The predicted molar refractivity (Wildman–Crippen MR) is 156 cm³/mol. The Bertz CT molecular complexity index is 1320. The Labute approximate surface area is 234 Å². The second kappa shape index (κ2) is 13.3. The van der Waals surface area contributed by atoms with Crippen LogP contribution in [0.3, 0.4) is 0 Å². The molecule has 2 aliphatic heterocycles. The van der Waals surface area contributed by atoms with Gasteiger partial charge >= 0.3 is 0 Å². The molecule has 0 radical (unpaired) electrons. The first-order valence-corrected chi connectivity index (χ1v) is 13.8. The summed E-state index contributed by atoms with van der Waals surface area (Å²) in [5, 5.41) is 15.4. The van der Waals surface area contributed by atoms with Crippen molar-refractivity contribution in [3.8, 4) is 0 Å². The number of hydrazone groups is 1. The highest BCUT2D eigenvalue weighted by Crippen LogP contribution is 2.25. The highest BCUT2D eigenvalue weighted by molar-refractivity contribution is 5.95. The largest absolute Gasteiger partial charge is 0.378 e. The number of benzene rings is 3. The van der Waals surface area contributed by atoms with Crippen molar-refractivity contribution in [2.45, 2.75) is 25.8 Å². The normalized spacial score (nSPS) is 16.8. The summed E-state index contributed by atoms with van der Waals surface area (Å²) < 4.78 is 5.42. The summed E-state index contributed by atoms with van der Waals surface area (Å²) in [4.78, 5) is 28.2. The topological polar surface area (TPSA) is 100 Å². The van der Waals surface area contributed by atoms with Crippen LogP contribution >= 0.6 is 0 Å². The molecule has 0 aromatic heterocycles. The summed E-state index contributed by atoms with van der Waals surface area (Å²) in [7, 11) is 0. The van der Waals surface area contributed by atoms with Gasteiger partial charge in [-0.1, -0.05) is 42.5 Å². The smallest absolute Gasteiger partial charge is 0.271 e. The highest BCUT2D eigenvalue weighted by atomic mass is 16.6. The first-order chi connectivity index (χ1) is 19.5. The first kappa shape index (κ1) is 27.5. The minimum absolute atomic E-state index is 0.0270. The van der Waals surface area contributed by atoms with E-state index in [4.69, 9.17) is 4.74 Å². The molecule has 9 heteroatoms. The van der Waals surface area contributed by atoms with Crippen molar-refractivity contribution in [3.05, 3.63) is 105 Å². The number of nitrogens with zero attached hydrogens (tertiary/aromatic N) is 4. The Morgan fingerprint density at radius 3 is 2.40 bits per heavy atom. The number of anilines is 1. The van der Waals surface area contributed by atoms with Crippen molar-refractivity contribution in [1.29, 1.82) is 0 Å². The van der Waals surface area contributed by atoms with Crippen LogP contribution in [0.4, 0.5) is 11.4 Å². The summed E-state index contributed by atoms with van der Waals surface area (Å²) in [6, 6.07) is 23.0. The second-order valence-corrected chi connectivity index (χ2v) is 10.4. The van der Waals surface area contributed by atoms with Gasteiger partial charge in [-0.15, -0.1) is 0 Å². The van der Waals surface area contributed by atoms with Gasteiger partial charge in [0.05, 0.1) is 24.4 Å². The van der Waals surface area contributed by atoms with Crippen LogP contribution in [0.5, 0.6) is 0 Å². The van der Waals surface area contributed by atoms with E-state index in [1.54, 1.807) is 6.07 Å². The Kier molecular flexibility index (Phi) is 9.15. The quantitative estimate of drug-likeness (QED) is 0.241. The lowest BCUT2D eigenvalue weighted by atomic mass is 9.90. The lowest BCUT2D eigenvalue weighted by Gasteiger charge is -2.32. The molecule has 0 bridgehead atoms. The number of likely N-dealkylation sites (tertiary alicyclic amines) is 1. The number of non-ortho nitro benzene ring substituents is 1. The number of rotatable bonds is 9. The molecule has 9 nitrogen and oxygen atoms in total. The molecule has 1 N–H and O–H groups in total. The van der Waals surface area contributed by atoms with Crippen LogP contribution < -0.4 is 10.3 Å². The highest BCUT2D eigenvalue weighted by Gasteiger charge is 2.20. The summed E-state index contributed by atoms with van der Waals surface area (Å²) in [5.74, 6) is 0.403. The Morgan fingerprint density at radius 1 is 0.975 bits per heavy atom. The monoisotopic (exact) mass is 541 g/mol. The van der Waals surface area contributed by atoms with Crippen molar-refractivity contribution in [2.75, 3.05) is 44.3 Å². The van der Waals surface area contributed by atoms with E-state index in [2.05, 4.69) is 50.7 Å². The van der Waals surface area contributed by atoms with Gasteiger partial charge in [-0.05, 0) is 67.6 Å². The van der Waals surface area contributed by atoms with Crippen LogP contribution in [0.2, 0.25) is 0 Å². The molecule has 5 rings (SSSR count). The first-order valence-electron chi connectivity index (χ1n) is 13.8. The maximum atomic E-state index is 12.7. The number of carbonyl (C=O) groups excluding carboxylic acids is 1. The van der Waals surface area contributed by atoms with Gasteiger partial charge in [-0.2, -0.15) is 5.10 Å². The van der Waals surface area contributed by atoms with Gasteiger partial charge < -0.3 is 9.64 Å². The third-order valence-corrected chi connectivity index (χ3v) is 7.64. The fraction of sp³-hybridized carbons (Fsp3) is 0.355. The SMILES string of the molecule is O=C(N/N=C/c1cc([N+](=O)[O-])ccc1N1CCOCC1)c1ccc(CN2CCC(Cc3ccccc3)CC2)cc1.